The van der Waals surface area contributed by atoms with Gasteiger partial charge in [0.1, 0.15) is 12.1 Å². The van der Waals surface area contributed by atoms with Crippen molar-refractivity contribution in [2.24, 2.45) is 5.10 Å². The van der Waals surface area contributed by atoms with Crippen molar-refractivity contribution < 1.29 is 14.4 Å². The number of amides is 3. The molecule has 0 aliphatic carbocycles. The Kier molecular flexibility index (Phi) is 5.66. The lowest BCUT2D eigenvalue weighted by Crippen LogP contribution is -2.48. The number of carbonyl (C=O) groups excluding carboxylic acids is 3. The number of hydrogen-bond acceptors (Lipinski definition) is 5. The molecule has 3 rings (SSSR count). The van der Waals surface area contributed by atoms with Crippen LogP contribution in [0.3, 0.4) is 0 Å². The number of hydrogen-bond donors (Lipinski definition) is 2. The highest BCUT2D eigenvalue weighted by atomic mass is 32.1. The summed E-state index contributed by atoms with van der Waals surface area (Å²) in [7, 11) is 1.54. The maximum atomic E-state index is 12.6. The maximum absolute atomic E-state index is 12.6. The summed E-state index contributed by atoms with van der Waals surface area (Å²) in [5, 5.41) is 14.5. The van der Waals surface area contributed by atoms with E-state index in [4.69, 9.17) is 0 Å². The molecule has 0 saturated carbocycles. The van der Waals surface area contributed by atoms with Crippen LogP contribution in [0.4, 0.5) is 0 Å². The van der Waals surface area contributed by atoms with Gasteiger partial charge in [0, 0.05) is 12.6 Å². The van der Waals surface area contributed by atoms with Crippen LogP contribution in [0.1, 0.15) is 29.7 Å². The van der Waals surface area contributed by atoms with E-state index < -0.39 is 18.0 Å². The number of benzene rings is 1. The van der Waals surface area contributed by atoms with Crippen LogP contribution in [-0.2, 0) is 20.8 Å². The Labute approximate surface area is 161 Å². The first-order chi connectivity index (χ1) is 13.0. The molecular formula is C19H20N4O3S. The zero-order valence-electron chi connectivity index (χ0n) is 15.0. The number of nitrogens with one attached hydrogen (secondary N) is 2. The highest BCUT2D eigenvalue weighted by Gasteiger charge is 2.30. The van der Waals surface area contributed by atoms with Crippen LogP contribution in [0.25, 0.3) is 0 Å². The molecule has 2 atom stereocenters. The number of thiophene rings is 1. The van der Waals surface area contributed by atoms with Crippen LogP contribution in [-0.4, -0.2) is 42.0 Å². The van der Waals surface area contributed by atoms with Crippen molar-refractivity contribution in [3.8, 4) is 0 Å². The molecule has 1 unspecified atom stereocenters. The Morgan fingerprint density at radius 1 is 1.30 bits per heavy atom. The largest absolute Gasteiger partial charge is 0.344 e. The first kappa shape index (κ1) is 18.8. The summed E-state index contributed by atoms with van der Waals surface area (Å²) in [5.74, 6) is -1.03. The lowest BCUT2D eigenvalue weighted by atomic mass is 10.00. The van der Waals surface area contributed by atoms with E-state index in [0.29, 0.717) is 5.56 Å². The molecule has 0 bridgehead atoms. The van der Waals surface area contributed by atoms with E-state index in [0.717, 1.165) is 11.1 Å². The molecule has 1 aromatic carbocycles. The van der Waals surface area contributed by atoms with E-state index in [1.165, 1.54) is 23.4 Å². The molecule has 2 aromatic rings. The molecule has 0 radical (unpaired) electrons. The van der Waals surface area contributed by atoms with E-state index >= 15 is 0 Å². The lowest BCUT2D eigenvalue weighted by molar-refractivity contribution is -0.136. The zero-order valence-corrected chi connectivity index (χ0v) is 15.8. The summed E-state index contributed by atoms with van der Waals surface area (Å²) >= 11 is 1.51. The van der Waals surface area contributed by atoms with Gasteiger partial charge in [0.15, 0.2) is 0 Å². The van der Waals surface area contributed by atoms with Crippen LogP contribution in [0.15, 0.2) is 46.2 Å². The van der Waals surface area contributed by atoms with Crippen molar-refractivity contribution in [1.29, 1.82) is 0 Å². The first-order valence-corrected chi connectivity index (χ1v) is 9.41. The Morgan fingerprint density at radius 2 is 2.07 bits per heavy atom. The second-order valence-electron chi connectivity index (χ2n) is 6.27. The summed E-state index contributed by atoms with van der Waals surface area (Å²) in [6, 6.07) is 7.48. The van der Waals surface area contributed by atoms with E-state index in [9.17, 15) is 14.4 Å². The fourth-order valence-electron chi connectivity index (χ4n) is 2.76. The Balaban J connectivity index is 1.68. The highest BCUT2D eigenvalue weighted by Crippen LogP contribution is 2.22. The van der Waals surface area contributed by atoms with Crippen LogP contribution in [0.2, 0.25) is 0 Å². The number of nitrogens with zero attached hydrogens (tertiary/aromatic N) is 2. The molecule has 0 spiro atoms. The average molecular weight is 384 g/mol. The molecule has 140 valence electrons. The number of fused-ring (bicyclic) bond motifs is 1. The summed E-state index contributed by atoms with van der Waals surface area (Å²) < 4.78 is 0. The molecule has 0 saturated heterocycles. The van der Waals surface area contributed by atoms with Crippen molar-refractivity contribution in [3.05, 3.63) is 57.8 Å². The average Bonchev–Trinajstić information content (AvgIpc) is 3.12. The summed E-state index contributed by atoms with van der Waals surface area (Å²) in [6.07, 6.45) is 1.80. The Morgan fingerprint density at radius 3 is 2.81 bits per heavy atom. The fourth-order valence-corrected chi connectivity index (χ4v) is 3.43. The second-order valence-corrected chi connectivity index (χ2v) is 7.05. The highest BCUT2D eigenvalue weighted by molar-refractivity contribution is 7.08. The summed E-state index contributed by atoms with van der Waals surface area (Å²) in [5.41, 5.74) is 2.33. The zero-order chi connectivity index (χ0) is 19.4. The van der Waals surface area contributed by atoms with Gasteiger partial charge in [0.2, 0.25) is 11.8 Å². The first-order valence-electron chi connectivity index (χ1n) is 8.47. The molecule has 1 aliphatic rings. The number of hydrazone groups is 1. The Bertz CT molecular complexity index is 879. The van der Waals surface area contributed by atoms with Crippen molar-refractivity contribution >= 4 is 35.3 Å². The quantitative estimate of drug-likeness (QED) is 0.818. The van der Waals surface area contributed by atoms with Crippen LogP contribution >= 0.6 is 11.3 Å². The predicted molar refractivity (Wildman–Crippen MR) is 103 cm³/mol. The molecule has 27 heavy (non-hydrogen) atoms. The molecule has 2 heterocycles. The molecule has 1 aliphatic heterocycles. The minimum absolute atomic E-state index is 0.211. The molecule has 2 N–H and O–H groups in total. The van der Waals surface area contributed by atoms with Gasteiger partial charge < -0.3 is 10.6 Å². The number of carbonyl (C=O) groups is 3. The number of rotatable bonds is 5. The van der Waals surface area contributed by atoms with Crippen molar-refractivity contribution in [3.63, 3.8) is 0 Å². The van der Waals surface area contributed by atoms with Gasteiger partial charge >= 0.3 is 0 Å². The van der Waals surface area contributed by atoms with Gasteiger partial charge in [-0.25, -0.2) is 5.01 Å². The van der Waals surface area contributed by atoms with E-state index in [1.807, 2.05) is 29.0 Å². The van der Waals surface area contributed by atoms with E-state index in [1.54, 1.807) is 25.3 Å². The monoisotopic (exact) mass is 384 g/mol. The fraction of sp³-hybridized carbons (Fsp3) is 0.263. The van der Waals surface area contributed by atoms with E-state index in [-0.39, 0.29) is 18.2 Å². The molecule has 8 heteroatoms. The van der Waals surface area contributed by atoms with Crippen LogP contribution in [0.5, 0.6) is 0 Å². The smallest absolute Gasteiger partial charge is 0.269 e. The van der Waals surface area contributed by atoms with Gasteiger partial charge in [0.05, 0.1) is 12.6 Å². The molecular weight excluding hydrogens is 364 g/mol. The molecule has 0 fully saturated rings. The van der Waals surface area contributed by atoms with Crippen molar-refractivity contribution in [2.75, 3.05) is 7.05 Å². The van der Waals surface area contributed by atoms with Gasteiger partial charge in [-0.05, 0) is 34.9 Å². The lowest BCUT2D eigenvalue weighted by Gasteiger charge is -2.22. The van der Waals surface area contributed by atoms with Crippen molar-refractivity contribution in [1.82, 2.24) is 15.6 Å². The summed E-state index contributed by atoms with van der Waals surface area (Å²) in [6.45, 7) is 1.59. The summed E-state index contributed by atoms with van der Waals surface area (Å²) in [4.78, 5) is 37.3. The van der Waals surface area contributed by atoms with E-state index in [2.05, 4.69) is 15.7 Å². The topological polar surface area (TPSA) is 90.9 Å². The van der Waals surface area contributed by atoms with Crippen LogP contribution in [0, 0.1) is 0 Å². The van der Waals surface area contributed by atoms with Gasteiger partial charge in [-0.15, -0.1) is 0 Å². The second kappa shape index (κ2) is 8.13. The number of likely N-dealkylation sites (N-methyl/N-ethyl adjacent to an activating group) is 1. The normalized spacial score (nSPS) is 17.0. The minimum atomic E-state index is -0.863. The third kappa shape index (κ3) is 4.40. The van der Waals surface area contributed by atoms with Gasteiger partial charge in [-0.1, -0.05) is 24.3 Å². The molecule has 3 amide bonds. The minimum Gasteiger partial charge on any atom is -0.344 e. The van der Waals surface area contributed by atoms with Crippen LogP contribution < -0.4 is 10.6 Å². The van der Waals surface area contributed by atoms with Gasteiger partial charge in [-0.2, -0.15) is 16.4 Å². The van der Waals surface area contributed by atoms with Gasteiger partial charge in [0.25, 0.3) is 5.91 Å². The predicted octanol–water partition coefficient (Wildman–Crippen LogP) is 1.46. The molecule has 7 nitrogen and oxygen atoms in total. The van der Waals surface area contributed by atoms with Gasteiger partial charge in [-0.3, -0.25) is 14.4 Å². The standard InChI is InChI=1S/C19H20N4O3S/c1-12(21-16(24)9-13-7-8-27-11-13)18(25)22-17-15-6-4-3-5-14(15)10-20-23(2)19(17)26/h3-8,10-12,17H,9H2,1-2H3,(H,21,24)(H,22,25)/t12-,17?/m0/s1. The Hall–Kier alpha value is -3.00. The van der Waals surface area contributed by atoms with Crippen molar-refractivity contribution in [2.45, 2.75) is 25.4 Å². The third-order valence-corrected chi connectivity index (χ3v) is 4.98. The molecule has 1 aromatic heterocycles. The third-order valence-electron chi connectivity index (χ3n) is 4.25. The maximum Gasteiger partial charge on any atom is 0.269 e. The SMILES string of the molecule is C[C@H](NC(=O)Cc1ccsc1)C(=O)NC1C(=O)N(C)N=Cc2ccccc21.